The molecule has 0 aliphatic heterocycles. The van der Waals surface area contributed by atoms with E-state index in [0.717, 1.165) is 0 Å². The van der Waals surface area contributed by atoms with Crippen LogP contribution in [0.2, 0.25) is 0 Å². The van der Waals surface area contributed by atoms with Crippen molar-refractivity contribution in [3.63, 3.8) is 0 Å². The summed E-state index contributed by atoms with van der Waals surface area (Å²) in [6.07, 6.45) is 1.17. The molecule has 1 aromatic heterocycles. The molecule has 0 saturated heterocycles. The molecular weight excluding hydrogens is 522 g/mol. The highest BCUT2D eigenvalue weighted by atomic mass is 32.2. The zero-order valence-electron chi connectivity index (χ0n) is 21.5. The van der Waals surface area contributed by atoms with Gasteiger partial charge in [-0.15, -0.1) is 0 Å². The lowest BCUT2D eigenvalue weighted by atomic mass is 9.93. The van der Waals surface area contributed by atoms with Gasteiger partial charge in [0.1, 0.15) is 5.84 Å². The van der Waals surface area contributed by atoms with Gasteiger partial charge in [0.2, 0.25) is 21.8 Å². The van der Waals surface area contributed by atoms with E-state index in [4.69, 9.17) is 28.3 Å². The van der Waals surface area contributed by atoms with Gasteiger partial charge in [-0.2, -0.15) is 0 Å². The Hall–Kier alpha value is -4.07. The first-order chi connectivity index (χ1) is 18.4. The quantitative estimate of drug-likeness (QED) is 0.0958. The van der Waals surface area contributed by atoms with E-state index in [2.05, 4.69) is 5.32 Å². The number of para-hydroxylation sites is 1. The lowest BCUT2D eigenvalue weighted by molar-refractivity contribution is -0.123. The van der Waals surface area contributed by atoms with Crippen LogP contribution in [0.3, 0.4) is 0 Å². The van der Waals surface area contributed by atoms with Gasteiger partial charge < -0.3 is 28.3 Å². The van der Waals surface area contributed by atoms with Crippen LogP contribution in [0.15, 0.2) is 48.7 Å². The van der Waals surface area contributed by atoms with E-state index in [0.29, 0.717) is 27.6 Å². The number of Topliss-reactive ketones (excluding diaryl/α,β-unsaturated/α-hetero) is 1. The maximum Gasteiger partial charge on any atom is 0.238 e. The zero-order chi connectivity index (χ0) is 28.9. The van der Waals surface area contributed by atoms with Gasteiger partial charge in [-0.3, -0.25) is 19.8 Å². The number of nitrogens with two attached hydrogens (primary N) is 4. The maximum absolute atomic E-state index is 13.5. The van der Waals surface area contributed by atoms with Crippen molar-refractivity contribution >= 4 is 44.4 Å². The van der Waals surface area contributed by atoms with Crippen LogP contribution in [0.4, 0.5) is 0 Å². The number of carbonyl (C=O) groups is 3. The Morgan fingerprint density at radius 2 is 1.77 bits per heavy atom. The van der Waals surface area contributed by atoms with Crippen LogP contribution in [-0.4, -0.2) is 53.7 Å². The van der Waals surface area contributed by atoms with Gasteiger partial charge in [-0.1, -0.05) is 30.3 Å². The number of amidine groups is 1. The number of carbonyl (C=O) groups excluding carboxylic acids is 3. The third-order valence-corrected chi connectivity index (χ3v) is 8.05. The molecule has 208 valence electrons. The number of primary amides is 1. The molecule has 0 radical (unpaired) electrons. The summed E-state index contributed by atoms with van der Waals surface area (Å²) in [5.41, 5.74) is 24.8. The number of amides is 2. The molecule has 0 saturated carbocycles. The van der Waals surface area contributed by atoms with E-state index in [9.17, 15) is 22.8 Å². The molecule has 2 amide bonds. The number of hydrogen-bond acceptors (Lipinski definition) is 8. The van der Waals surface area contributed by atoms with Crippen molar-refractivity contribution < 1.29 is 22.8 Å². The number of fused-ring (bicyclic) bond motifs is 1. The minimum atomic E-state index is -3.60. The molecule has 0 bridgehead atoms. The molecule has 0 fully saturated rings. The minimum Gasteiger partial charge on any atom is -0.384 e. The number of nitrogens with one attached hydrogen (secondary N) is 2. The first-order valence-electron chi connectivity index (χ1n) is 12.3. The molecule has 2 aromatic carbocycles. The molecule has 0 aliphatic rings. The van der Waals surface area contributed by atoms with Crippen LogP contribution in [-0.2, 0) is 32.6 Å². The molecule has 0 aliphatic carbocycles. The van der Waals surface area contributed by atoms with Gasteiger partial charge in [0.25, 0.3) is 0 Å². The van der Waals surface area contributed by atoms with Crippen LogP contribution in [0.25, 0.3) is 10.9 Å². The van der Waals surface area contributed by atoms with Crippen molar-refractivity contribution in [3.05, 3.63) is 70.9 Å². The highest BCUT2D eigenvalue weighted by Gasteiger charge is 2.28. The second kappa shape index (κ2) is 12.2. The second-order valence-corrected chi connectivity index (χ2v) is 11.2. The van der Waals surface area contributed by atoms with Gasteiger partial charge in [0.15, 0.2) is 5.78 Å². The summed E-state index contributed by atoms with van der Waals surface area (Å²) in [6.45, 7) is 1.55. The molecule has 1 heterocycles. The Bertz CT molecular complexity index is 1530. The lowest BCUT2D eigenvalue weighted by Gasteiger charge is -2.21. The predicted molar refractivity (Wildman–Crippen MR) is 149 cm³/mol. The molecule has 3 aromatic rings. The van der Waals surface area contributed by atoms with Gasteiger partial charge in [-0.05, 0) is 43.0 Å². The van der Waals surface area contributed by atoms with Crippen LogP contribution in [0.5, 0.6) is 0 Å². The minimum absolute atomic E-state index is 0.0107. The average Bonchev–Trinajstić information content (AvgIpc) is 3.29. The van der Waals surface area contributed by atoms with Gasteiger partial charge >= 0.3 is 0 Å². The largest absolute Gasteiger partial charge is 0.384 e. The number of ketones is 1. The van der Waals surface area contributed by atoms with E-state index in [1.165, 1.54) is 23.2 Å². The third kappa shape index (κ3) is 6.69. The number of nitrogens with zero attached hydrogens (tertiary/aromatic N) is 1. The zero-order valence-corrected chi connectivity index (χ0v) is 22.3. The summed E-state index contributed by atoms with van der Waals surface area (Å²) in [5.74, 6) is -2.24. The van der Waals surface area contributed by atoms with E-state index in [1.54, 1.807) is 36.4 Å². The summed E-state index contributed by atoms with van der Waals surface area (Å²) >= 11 is 0. The normalized spacial score (nSPS) is 13.1. The second-order valence-electron chi connectivity index (χ2n) is 9.10. The third-order valence-electron chi connectivity index (χ3n) is 6.42. The topological polar surface area (TPSA) is 230 Å². The standard InChI is InChI=1S/C26H33N7O5S/c1-2-39(37,38)33-14-17(18-5-3-4-6-22(18)33)12-20(28)26(36)32-21(9-10-23(29)34)24(35)19-11-15(25(30)31)7-8-16(19)13-27/h3-8,11,14,20-21H,2,9-10,12-13,27-28H2,1H3,(H2,29,34)(H3,30,31)(H,32,36)/t20-,21+/m1/s1. The summed E-state index contributed by atoms with van der Waals surface area (Å²) < 4.78 is 26.4. The van der Waals surface area contributed by atoms with Crippen LogP contribution in [0.1, 0.15) is 46.8 Å². The van der Waals surface area contributed by atoms with Crippen LogP contribution >= 0.6 is 0 Å². The molecule has 0 unspecified atom stereocenters. The maximum atomic E-state index is 13.5. The Kier molecular flexibility index (Phi) is 9.22. The molecule has 0 spiro atoms. The Labute approximate surface area is 226 Å². The highest BCUT2D eigenvalue weighted by Crippen LogP contribution is 2.24. The SMILES string of the molecule is CCS(=O)(=O)n1cc(C[C@@H](N)C(=O)N[C@@H](CCC(N)=O)C(=O)c2cc(C(=N)N)ccc2CN)c2ccccc21. The van der Waals surface area contributed by atoms with Crippen molar-refractivity contribution in [1.82, 2.24) is 9.29 Å². The number of nitrogen functional groups attached to an aromatic ring is 1. The molecule has 2 atom stereocenters. The van der Waals surface area contributed by atoms with Gasteiger partial charge in [-0.25, -0.2) is 12.4 Å². The van der Waals surface area contributed by atoms with E-state index >= 15 is 0 Å². The predicted octanol–water partition coefficient (Wildman–Crippen LogP) is 0.0849. The Morgan fingerprint density at radius 3 is 2.38 bits per heavy atom. The fourth-order valence-corrected chi connectivity index (χ4v) is 5.28. The first-order valence-corrected chi connectivity index (χ1v) is 13.9. The molecule has 10 N–H and O–H groups in total. The molecule has 12 nitrogen and oxygen atoms in total. The number of hydrogen-bond donors (Lipinski definition) is 6. The lowest BCUT2D eigenvalue weighted by Crippen LogP contribution is -2.49. The Morgan fingerprint density at radius 1 is 1.08 bits per heavy atom. The smallest absolute Gasteiger partial charge is 0.238 e. The molecule has 13 heteroatoms. The Balaban J connectivity index is 1.89. The van der Waals surface area contributed by atoms with Crippen LogP contribution < -0.4 is 28.3 Å². The van der Waals surface area contributed by atoms with Crippen molar-refractivity contribution in [1.29, 1.82) is 5.41 Å². The summed E-state index contributed by atoms with van der Waals surface area (Å²) in [6, 6.07) is 9.12. The van der Waals surface area contributed by atoms with E-state index < -0.39 is 39.7 Å². The van der Waals surface area contributed by atoms with Crippen molar-refractivity contribution in [3.8, 4) is 0 Å². The number of aromatic nitrogens is 1. The highest BCUT2D eigenvalue weighted by molar-refractivity contribution is 7.90. The van der Waals surface area contributed by atoms with Crippen molar-refractivity contribution in [2.75, 3.05) is 5.75 Å². The average molecular weight is 556 g/mol. The first kappa shape index (κ1) is 29.5. The fourth-order valence-electron chi connectivity index (χ4n) is 4.25. The van der Waals surface area contributed by atoms with Gasteiger partial charge in [0, 0.05) is 35.7 Å². The van der Waals surface area contributed by atoms with Gasteiger partial charge in [0.05, 0.1) is 23.4 Å². The van der Waals surface area contributed by atoms with Crippen molar-refractivity contribution in [2.45, 2.75) is 44.8 Å². The fraction of sp³-hybridized carbons (Fsp3) is 0.308. The van der Waals surface area contributed by atoms with Crippen LogP contribution in [0, 0.1) is 5.41 Å². The summed E-state index contributed by atoms with van der Waals surface area (Å²) in [5, 5.41) is 10.9. The number of benzene rings is 2. The molecular formula is C26H33N7O5S. The summed E-state index contributed by atoms with van der Waals surface area (Å²) in [7, 11) is -3.60. The monoisotopic (exact) mass is 555 g/mol. The molecule has 39 heavy (non-hydrogen) atoms. The van der Waals surface area contributed by atoms with E-state index in [-0.39, 0.29) is 43.0 Å². The molecule has 3 rings (SSSR count). The summed E-state index contributed by atoms with van der Waals surface area (Å²) in [4.78, 5) is 38.1. The van der Waals surface area contributed by atoms with E-state index in [1.807, 2.05) is 0 Å². The number of rotatable bonds is 13. The van der Waals surface area contributed by atoms with Crippen molar-refractivity contribution in [2.24, 2.45) is 22.9 Å².